The van der Waals surface area contributed by atoms with Gasteiger partial charge in [-0.2, -0.15) is 0 Å². The lowest BCUT2D eigenvalue weighted by molar-refractivity contribution is 0.145. The molecule has 1 heterocycles. The van der Waals surface area contributed by atoms with E-state index >= 15 is 0 Å². The lowest BCUT2D eigenvalue weighted by atomic mass is 10.1. The van der Waals surface area contributed by atoms with Crippen molar-refractivity contribution in [2.45, 2.75) is 25.7 Å². The van der Waals surface area contributed by atoms with Crippen molar-refractivity contribution in [2.24, 2.45) is 5.92 Å². The summed E-state index contributed by atoms with van der Waals surface area (Å²) in [6, 6.07) is 9.46. The van der Waals surface area contributed by atoms with Gasteiger partial charge in [-0.1, -0.05) is 25.1 Å². The molecular weight excluding hydrogens is 274 g/mol. The van der Waals surface area contributed by atoms with Crippen LogP contribution in [-0.4, -0.2) is 30.4 Å². The molecule has 0 amide bonds. The Kier molecular flexibility index (Phi) is 4.40. The quantitative estimate of drug-likeness (QED) is 0.917. The van der Waals surface area contributed by atoms with Crippen LogP contribution in [-0.2, 0) is 15.6 Å². The molecule has 1 aromatic carbocycles. The molecule has 0 saturated carbocycles. The molecule has 2 atom stereocenters. The molecule has 0 fully saturated rings. The van der Waals surface area contributed by atoms with E-state index < -0.39 is 15.9 Å². The molecule has 0 aliphatic carbocycles. The third kappa shape index (κ3) is 3.77. The summed E-state index contributed by atoms with van der Waals surface area (Å²) in [4.78, 5) is 4.27. The average molecular weight is 293 g/mol. The first kappa shape index (κ1) is 14.9. The topological polar surface area (TPSA) is 67.3 Å². The highest BCUT2D eigenvalue weighted by atomic mass is 32.2. The van der Waals surface area contributed by atoms with Gasteiger partial charge in [0.25, 0.3) is 0 Å². The van der Waals surface area contributed by atoms with Crippen molar-refractivity contribution in [3.63, 3.8) is 0 Å². The summed E-state index contributed by atoms with van der Waals surface area (Å²) in [5, 5.41) is 10.3. The maximum atomic E-state index is 12.1. The largest absolute Gasteiger partial charge is 0.393 e. The van der Waals surface area contributed by atoms with Crippen LogP contribution in [0.15, 0.2) is 36.5 Å². The summed E-state index contributed by atoms with van der Waals surface area (Å²) in [5.74, 6) is -0.326. The molecule has 1 N–H and O–H groups in total. The smallest absolute Gasteiger partial charge is 0.154 e. The van der Waals surface area contributed by atoms with Crippen molar-refractivity contribution in [3.05, 3.63) is 42.1 Å². The van der Waals surface area contributed by atoms with E-state index in [2.05, 4.69) is 4.98 Å². The number of fused-ring (bicyclic) bond motifs is 1. The van der Waals surface area contributed by atoms with Crippen LogP contribution in [0.2, 0.25) is 0 Å². The molecule has 1 aromatic heterocycles. The van der Waals surface area contributed by atoms with Crippen molar-refractivity contribution in [1.82, 2.24) is 4.98 Å². The molecule has 2 unspecified atom stereocenters. The van der Waals surface area contributed by atoms with Crippen molar-refractivity contribution < 1.29 is 13.5 Å². The lowest BCUT2D eigenvalue weighted by Gasteiger charge is -2.14. The van der Waals surface area contributed by atoms with E-state index in [4.69, 9.17) is 0 Å². The van der Waals surface area contributed by atoms with E-state index in [1.165, 1.54) is 0 Å². The zero-order valence-corrected chi connectivity index (χ0v) is 12.5. The Hall–Kier alpha value is -1.46. The average Bonchev–Trinajstić information content (AvgIpc) is 2.37. The summed E-state index contributed by atoms with van der Waals surface area (Å²) in [6.07, 6.45) is 0.979. The highest BCUT2D eigenvalue weighted by molar-refractivity contribution is 7.90. The third-order valence-corrected chi connectivity index (χ3v) is 5.18. The molecule has 0 saturated heterocycles. The molecule has 2 rings (SSSR count). The van der Waals surface area contributed by atoms with Gasteiger partial charge in [0.15, 0.2) is 9.84 Å². The first-order chi connectivity index (χ1) is 9.37. The van der Waals surface area contributed by atoms with Gasteiger partial charge in [0, 0.05) is 11.6 Å². The van der Waals surface area contributed by atoms with Crippen molar-refractivity contribution in [2.75, 3.05) is 5.75 Å². The maximum absolute atomic E-state index is 12.1. The number of para-hydroxylation sites is 1. The summed E-state index contributed by atoms with van der Waals surface area (Å²) in [7, 11) is -3.25. The second-order valence-corrected chi connectivity index (χ2v) is 7.42. The van der Waals surface area contributed by atoms with Gasteiger partial charge in [0.2, 0.25) is 0 Å². The first-order valence-electron chi connectivity index (χ1n) is 6.59. The van der Waals surface area contributed by atoms with Crippen LogP contribution in [0.4, 0.5) is 0 Å². The highest BCUT2D eigenvalue weighted by Crippen LogP contribution is 2.16. The number of benzene rings is 1. The molecule has 0 aliphatic heterocycles. The predicted octanol–water partition coefficient (Wildman–Crippen LogP) is 2.17. The number of rotatable bonds is 5. The van der Waals surface area contributed by atoms with Gasteiger partial charge in [-0.05, 0) is 30.5 Å². The molecule has 0 aliphatic rings. The first-order valence-corrected chi connectivity index (χ1v) is 8.42. The molecule has 0 bridgehead atoms. The number of nitrogens with zero attached hydrogens (tertiary/aromatic N) is 1. The minimum atomic E-state index is -3.25. The van der Waals surface area contributed by atoms with E-state index in [1.54, 1.807) is 20.0 Å². The zero-order chi connectivity index (χ0) is 14.8. The minimum Gasteiger partial charge on any atom is -0.393 e. The fraction of sp³-hybridized carbons (Fsp3) is 0.400. The van der Waals surface area contributed by atoms with E-state index in [0.717, 1.165) is 10.9 Å². The number of sulfone groups is 1. The second kappa shape index (κ2) is 5.89. The Balaban J connectivity index is 2.18. The van der Waals surface area contributed by atoms with Crippen molar-refractivity contribution in [1.29, 1.82) is 0 Å². The molecule has 2 aromatic rings. The number of aliphatic hydroxyl groups is 1. The lowest BCUT2D eigenvalue weighted by Crippen LogP contribution is -2.23. The molecule has 0 radical (unpaired) electrons. The summed E-state index contributed by atoms with van der Waals surface area (Å²) >= 11 is 0. The summed E-state index contributed by atoms with van der Waals surface area (Å²) < 4.78 is 24.2. The zero-order valence-electron chi connectivity index (χ0n) is 11.7. The van der Waals surface area contributed by atoms with Crippen LogP contribution in [0.25, 0.3) is 10.9 Å². The van der Waals surface area contributed by atoms with E-state index in [-0.39, 0.29) is 17.4 Å². The van der Waals surface area contributed by atoms with E-state index in [1.807, 2.05) is 30.3 Å². The van der Waals surface area contributed by atoms with Gasteiger partial charge < -0.3 is 5.11 Å². The normalized spacial score (nSPS) is 15.2. The van der Waals surface area contributed by atoms with Gasteiger partial charge >= 0.3 is 0 Å². The minimum absolute atomic E-state index is 0.0164. The third-order valence-electron chi connectivity index (χ3n) is 3.37. The molecular formula is C15H19NO3S. The van der Waals surface area contributed by atoms with Crippen LogP contribution in [0.3, 0.4) is 0 Å². The van der Waals surface area contributed by atoms with Gasteiger partial charge in [0.1, 0.15) is 0 Å². The Bertz CT molecular complexity index is 695. The summed E-state index contributed by atoms with van der Waals surface area (Å²) in [5.41, 5.74) is 1.53. The predicted molar refractivity (Wildman–Crippen MR) is 80.1 cm³/mol. The van der Waals surface area contributed by atoms with E-state index in [9.17, 15) is 13.5 Å². The van der Waals surface area contributed by atoms with Gasteiger partial charge in [0.05, 0.1) is 23.1 Å². The Labute approximate surface area is 119 Å². The molecule has 20 heavy (non-hydrogen) atoms. The van der Waals surface area contributed by atoms with Crippen LogP contribution in [0, 0.1) is 5.92 Å². The number of hydrogen-bond acceptors (Lipinski definition) is 4. The maximum Gasteiger partial charge on any atom is 0.154 e. The highest BCUT2D eigenvalue weighted by Gasteiger charge is 2.20. The van der Waals surface area contributed by atoms with Crippen LogP contribution >= 0.6 is 0 Å². The van der Waals surface area contributed by atoms with Crippen LogP contribution < -0.4 is 0 Å². The number of aromatic nitrogens is 1. The van der Waals surface area contributed by atoms with Crippen LogP contribution in [0.1, 0.15) is 19.4 Å². The standard InChI is InChI=1S/C15H19NO3S/c1-11(12(2)17)9-20(18,19)10-13-7-14-5-3-4-6-15(14)16-8-13/h3-8,11-12,17H,9-10H2,1-2H3. The Morgan fingerprint density at radius 3 is 2.65 bits per heavy atom. The van der Waals surface area contributed by atoms with Crippen molar-refractivity contribution >= 4 is 20.7 Å². The number of aliphatic hydroxyl groups excluding tert-OH is 1. The molecule has 5 heteroatoms. The fourth-order valence-corrected chi connectivity index (χ4v) is 3.91. The number of hydrogen-bond donors (Lipinski definition) is 1. The van der Waals surface area contributed by atoms with Gasteiger partial charge in [-0.25, -0.2) is 8.42 Å². The SMILES string of the molecule is CC(O)C(C)CS(=O)(=O)Cc1cnc2ccccc2c1. The molecule has 4 nitrogen and oxygen atoms in total. The number of pyridine rings is 1. The molecule has 0 spiro atoms. The second-order valence-electron chi connectivity index (χ2n) is 5.31. The fourth-order valence-electron chi connectivity index (χ4n) is 2.05. The monoisotopic (exact) mass is 293 g/mol. The van der Waals surface area contributed by atoms with E-state index in [0.29, 0.717) is 5.56 Å². The van der Waals surface area contributed by atoms with Crippen LogP contribution in [0.5, 0.6) is 0 Å². The Morgan fingerprint density at radius 2 is 1.95 bits per heavy atom. The van der Waals surface area contributed by atoms with Crippen molar-refractivity contribution in [3.8, 4) is 0 Å². The van der Waals surface area contributed by atoms with Gasteiger partial charge in [-0.3, -0.25) is 4.98 Å². The Morgan fingerprint density at radius 1 is 1.25 bits per heavy atom. The molecule has 108 valence electrons. The summed E-state index contributed by atoms with van der Waals surface area (Å²) in [6.45, 7) is 3.35. The van der Waals surface area contributed by atoms with Gasteiger partial charge in [-0.15, -0.1) is 0 Å².